The lowest BCUT2D eigenvalue weighted by atomic mass is 9.88. The van der Waals surface area contributed by atoms with Crippen LogP contribution in [0, 0.1) is 11.7 Å². The van der Waals surface area contributed by atoms with Crippen LogP contribution in [0.25, 0.3) is 10.1 Å². The normalized spacial score (nSPS) is 26.6. The van der Waals surface area contributed by atoms with E-state index in [1.54, 1.807) is 19.6 Å². The lowest BCUT2D eigenvalue weighted by Crippen LogP contribution is -2.41. The second-order valence-corrected chi connectivity index (χ2v) is 14.1. The molecule has 1 N–H and O–H groups in total. The van der Waals surface area contributed by atoms with E-state index in [0.29, 0.717) is 38.2 Å². The van der Waals surface area contributed by atoms with Crippen LogP contribution < -0.4 is 5.32 Å². The van der Waals surface area contributed by atoms with Crippen molar-refractivity contribution in [2.75, 3.05) is 45.8 Å². The summed E-state index contributed by atoms with van der Waals surface area (Å²) in [5.41, 5.74) is 0.794. The van der Waals surface area contributed by atoms with E-state index in [0.717, 1.165) is 42.1 Å². The smallest absolute Gasteiger partial charge is 0.257 e. The van der Waals surface area contributed by atoms with Crippen LogP contribution in [0.2, 0.25) is 5.02 Å². The summed E-state index contributed by atoms with van der Waals surface area (Å²) in [5.74, 6) is -1.12. The molecule has 3 heterocycles. The molecule has 3 aromatic rings. The Kier molecular flexibility index (Phi) is 10.9. The van der Waals surface area contributed by atoms with Gasteiger partial charge in [-0.2, -0.15) is 0 Å². The lowest BCUT2D eigenvalue weighted by Gasteiger charge is -2.29. The number of thiophene rings is 1. The number of anilines is 1. The molecule has 0 bridgehead atoms. The van der Waals surface area contributed by atoms with Crippen molar-refractivity contribution in [3.63, 3.8) is 0 Å². The van der Waals surface area contributed by atoms with Crippen molar-refractivity contribution in [2.45, 2.75) is 68.9 Å². The van der Waals surface area contributed by atoms with E-state index in [2.05, 4.69) is 10.2 Å². The molecule has 6 rings (SSSR count). The van der Waals surface area contributed by atoms with E-state index in [-0.39, 0.29) is 70.8 Å². The van der Waals surface area contributed by atoms with Crippen molar-refractivity contribution in [3.8, 4) is 0 Å². The Balaban J connectivity index is 1.14. The molecule has 12 heteroatoms. The number of carbonyl (C=O) groups is 3. The highest BCUT2D eigenvalue weighted by atomic mass is 35.5. The van der Waals surface area contributed by atoms with E-state index >= 15 is 4.39 Å². The van der Waals surface area contributed by atoms with Gasteiger partial charge in [-0.25, -0.2) is 4.39 Å². The summed E-state index contributed by atoms with van der Waals surface area (Å²) in [4.78, 5) is 42.2. The van der Waals surface area contributed by atoms with Gasteiger partial charge in [-0.1, -0.05) is 29.8 Å². The fourth-order valence-electron chi connectivity index (χ4n) is 7.21. The molecular weight excluding hydrogens is 645 g/mol. The lowest BCUT2D eigenvalue weighted by molar-refractivity contribution is -0.133. The first-order valence-corrected chi connectivity index (χ1v) is 17.4. The van der Waals surface area contributed by atoms with Crippen LogP contribution in [0.4, 0.5) is 10.1 Å². The second-order valence-electron chi connectivity index (χ2n) is 12.8. The number of rotatable bonds is 11. The monoisotopic (exact) mass is 685 g/mol. The zero-order chi connectivity index (χ0) is 33.1. The largest absolute Gasteiger partial charge is 0.377 e. The third-order valence-corrected chi connectivity index (χ3v) is 11.2. The zero-order valence-electron chi connectivity index (χ0n) is 26.7. The molecule has 3 fully saturated rings. The van der Waals surface area contributed by atoms with Crippen LogP contribution in [-0.4, -0.2) is 98.8 Å². The maximum atomic E-state index is 15.5. The number of hydrogen-bond acceptors (Lipinski definition) is 8. The summed E-state index contributed by atoms with van der Waals surface area (Å²) in [7, 11) is 3.36. The number of carbonyl (C=O) groups excluding carboxylic acids is 3. The average Bonchev–Trinajstić information content (AvgIpc) is 3.83. The van der Waals surface area contributed by atoms with E-state index in [9.17, 15) is 14.4 Å². The van der Waals surface area contributed by atoms with Gasteiger partial charge in [0, 0.05) is 61.3 Å². The molecule has 47 heavy (non-hydrogen) atoms. The quantitative estimate of drug-likeness (QED) is 0.264. The van der Waals surface area contributed by atoms with Crippen LogP contribution in [0.5, 0.6) is 0 Å². The standard InChI is InChI=1S/C35H41ClFN3O6S/c1-44-31-16-39(17-32(31)45-2)23-13-24(19-46-25-9-7-21(18-41)8-10-25)40(15-23)34(42)12-22-11-28(36)30(14-29(22)37)38-35(43)27-20-47-33-6-4-3-5-26(27)33/h3-6,11,14,18,20-21,23-25,31-32H,7-10,12-13,15-17,19H2,1-2H3,(H,38,43)/t21-,23-,24-,25-,31-,32+/m0/s1. The number of amides is 2. The predicted octanol–water partition coefficient (Wildman–Crippen LogP) is 5.58. The molecule has 1 aromatic heterocycles. The Morgan fingerprint density at radius 1 is 1.06 bits per heavy atom. The van der Waals surface area contributed by atoms with E-state index in [1.165, 1.54) is 23.5 Å². The van der Waals surface area contributed by atoms with Gasteiger partial charge in [0.05, 0.1) is 53.7 Å². The van der Waals surface area contributed by atoms with E-state index < -0.39 is 5.82 Å². The minimum atomic E-state index is -0.617. The van der Waals surface area contributed by atoms with Crippen molar-refractivity contribution in [3.05, 3.63) is 63.7 Å². The molecular formula is C35H41ClFN3O6S. The van der Waals surface area contributed by atoms with Gasteiger partial charge in [0.1, 0.15) is 12.1 Å². The summed E-state index contributed by atoms with van der Waals surface area (Å²) >= 11 is 8.00. The number of likely N-dealkylation sites (tertiary alicyclic amines) is 2. The first-order valence-electron chi connectivity index (χ1n) is 16.2. The van der Waals surface area contributed by atoms with Crippen molar-refractivity contribution < 1.29 is 33.0 Å². The molecule has 2 aromatic carbocycles. The molecule has 4 atom stereocenters. The second kappa shape index (κ2) is 15.1. The Hall–Kier alpha value is -2.93. The van der Waals surface area contributed by atoms with Gasteiger partial charge in [0.25, 0.3) is 5.91 Å². The number of ether oxygens (including phenoxy) is 3. The summed E-state index contributed by atoms with van der Waals surface area (Å²) in [6, 6.07) is 10.1. The van der Waals surface area contributed by atoms with Crippen LogP contribution in [0.15, 0.2) is 41.8 Å². The van der Waals surface area contributed by atoms with Gasteiger partial charge in [0.2, 0.25) is 5.91 Å². The number of benzene rings is 2. The number of hydrogen-bond donors (Lipinski definition) is 1. The highest BCUT2D eigenvalue weighted by molar-refractivity contribution is 7.17. The van der Waals surface area contributed by atoms with Crippen LogP contribution >= 0.6 is 22.9 Å². The van der Waals surface area contributed by atoms with Gasteiger partial charge < -0.3 is 29.2 Å². The van der Waals surface area contributed by atoms with Crippen LogP contribution in [0.3, 0.4) is 0 Å². The van der Waals surface area contributed by atoms with Crippen LogP contribution in [-0.2, 0) is 30.2 Å². The summed E-state index contributed by atoms with van der Waals surface area (Å²) in [6.45, 7) is 2.25. The van der Waals surface area contributed by atoms with Gasteiger partial charge in [0.15, 0.2) is 0 Å². The fourth-order valence-corrected chi connectivity index (χ4v) is 8.38. The molecule has 1 saturated carbocycles. The molecule has 3 aliphatic rings. The Bertz CT molecular complexity index is 1580. The zero-order valence-corrected chi connectivity index (χ0v) is 28.2. The molecule has 0 spiro atoms. The molecule has 1 aliphatic carbocycles. The van der Waals surface area contributed by atoms with Gasteiger partial charge in [-0.05, 0) is 55.9 Å². The first kappa shape index (κ1) is 34.0. The van der Waals surface area contributed by atoms with Crippen molar-refractivity contribution in [2.24, 2.45) is 5.92 Å². The highest BCUT2D eigenvalue weighted by Gasteiger charge is 2.43. The number of methoxy groups -OCH3 is 2. The summed E-state index contributed by atoms with van der Waals surface area (Å²) in [5, 5.41) is 5.47. The summed E-state index contributed by atoms with van der Waals surface area (Å²) in [6.07, 6.45) is 4.78. The number of nitrogens with zero attached hydrogens (tertiary/aromatic N) is 2. The Labute approximate surface area is 283 Å². The van der Waals surface area contributed by atoms with Crippen molar-refractivity contribution in [1.29, 1.82) is 0 Å². The maximum Gasteiger partial charge on any atom is 0.257 e. The molecule has 2 saturated heterocycles. The van der Waals surface area contributed by atoms with E-state index in [4.69, 9.17) is 25.8 Å². The van der Waals surface area contributed by atoms with E-state index in [1.807, 2.05) is 29.2 Å². The first-order chi connectivity index (χ1) is 22.8. The van der Waals surface area contributed by atoms with Gasteiger partial charge >= 0.3 is 0 Å². The Morgan fingerprint density at radius 2 is 1.79 bits per heavy atom. The number of halogens is 2. The maximum absolute atomic E-state index is 15.5. The summed E-state index contributed by atoms with van der Waals surface area (Å²) < 4.78 is 34.1. The molecule has 2 amide bonds. The average molecular weight is 686 g/mol. The third-order valence-electron chi connectivity index (χ3n) is 9.97. The topological polar surface area (TPSA) is 97.4 Å². The van der Waals surface area contributed by atoms with Gasteiger partial charge in [-0.15, -0.1) is 11.3 Å². The van der Waals surface area contributed by atoms with Crippen LogP contribution in [0.1, 0.15) is 48.0 Å². The molecule has 252 valence electrons. The number of fused-ring (bicyclic) bond motifs is 1. The predicted molar refractivity (Wildman–Crippen MR) is 180 cm³/mol. The minimum absolute atomic E-state index is 0.0517. The van der Waals surface area contributed by atoms with Crippen molar-refractivity contribution >= 4 is 56.8 Å². The van der Waals surface area contributed by atoms with Gasteiger partial charge in [-0.3, -0.25) is 14.5 Å². The number of nitrogens with one attached hydrogen (secondary N) is 1. The molecule has 0 radical (unpaired) electrons. The SMILES string of the molecule is CO[C@H]1CN([C@H]2C[C@@H](CO[C@H]3CC[C@H](C=O)CC3)N(C(=O)Cc3cc(Cl)c(NC(=O)c4csc5ccccc45)cc3F)C2)C[C@H]1OC. The molecule has 0 unspecified atom stereocenters. The highest BCUT2D eigenvalue weighted by Crippen LogP contribution is 2.33. The molecule has 2 aliphatic heterocycles. The third kappa shape index (κ3) is 7.55. The molecule has 9 nitrogen and oxygen atoms in total. The number of aldehydes is 1. The van der Waals surface area contributed by atoms with Crippen molar-refractivity contribution in [1.82, 2.24) is 9.80 Å². The fraction of sp³-hybridized carbons (Fsp3) is 0.514. The minimum Gasteiger partial charge on any atom is -0.377 e. The Morgan fingerprint density at radius 3 is 2.49 bits per heavy atom.